The maximum atomic E-state index is 12.2. The molecule has 0 bridgehead atoms. The van der Waals surface area contributed by atoms with Gasteiger partial charge in [0.15, 0.2) is 0 Å². The summed E-state index contributed by atoms with van der Waals surface area (Å²) in [6.45, 7) is 4.33. The molecule has 6 heteroatoms. The van der Waals surface area contributed by atoms with Gasteiger partial charge in [0, 0.05) is 45.0 Å². The number of hydrogen-bond acceptors (Lipinski definition) is 5. The van der Waals surface area contributed by atoms with Gasteiger partial charge in [0.1, 0.15) is 11.8 Å². The fourth-order valence-electron chi connectivity index (χ4n) is 3.21. The highest BCUT2D eigenvalue weighted by atomic mass is 16.1. The molecule has 134 valence electrons. The predicted molar refractivity (Wildman–Crippen MR) is 99.5 cm³/mol. The molecule has 1 N–H and O–H groups in total. The Bertz CT molecular complexity index is 769. The first-order valence-electron chi connectivity index (χ1n) is 8.79. The van der Waals surface area contributed by atoms with Crippen LogP contribution in [0.1, 0.15) is 27.7 Å². The van der Waals surface area contributed by atoms with Crippen LogP contribution in [0.4, 0.5) is 0 Å². The maximum absolute atomic E-state index is 12.2. The summed E-state index contributed by atoms with van der Waals surface area (Å²) in [4.78, 5) is 21.0. The highest BCUT2D eigenvalue weighted by molar-refractivity contribution is 5.92. The summed E-state index contributed by atoms with van der Waals surface area (Å²) in [6.07, 6.45) is 1.42. The lowest BCUT2D eigenvalue weighted by Gasteiger charge is -2.40. The zero-order valence-electron chi connectivity index (χ0n) is 14.9. The lowest BCUT2D eigenvalue weighted by molar-refractivity contribution is 0.0840. The molecule has 0 saturated carbocycles. The summed E-state index contributed by atoms with van der Waals surface area (Å²) in [7, 11) is 2.14. The normalized spacial score (nSPS) is 18.2. The Hall–Kier alpha value is -2.75. The van der Waals surface area contributed by atoms with E-state index in [1.807, 2.05) is 12.1 Å². The monoisotopic (exact) mass is 349 g/mol. The minimum atomic E-state index is -0.208. The molecule has 26 heavy (non-hydrogen) atoms. The van der Waals surface area contributed by atoms with Gasteiger partial charge in [0.25, 0.3) is 5.91 Å². The average Bonchev–Trinajstić information content (AvgIpc) is 2.69. The van der Waals surface area contributed by atoms with Gasteiger partial charge in [-0.05, 0) is 24.7 Å². The van der Waals surface area contributed by atoms with E-state index in [1.165, 1.54) is 11.8 Å². The van der Waals surface area contributed by atoms with E-state index in [2.05, 4.69) is 51.4 Å². The summed E-state index contributed by atoms with van der Waals surface area (Å²) in [6, 6.07) is 16.0. The van der Waals surface area contributed by atoms with Crippen molar-refractivity contribution in [1.82, 2.24) is 20.1 Å². The van der Waals surface area contributed by atoms with Gasteiger partial charge in [0.05, 0.1) is 5.56 Å². The van der Waals surface area contributed by atoms with Crippen LogP contribution in [-0.4, -0.2) is 60.5 Å². The highest BCUT2D eigenvalue weighted by Gasteiger charge is 2.26. The van der Waals surface area contributed by atoms with E-state index in [9.17, 15) is 4.79 Å². The number of nitrogens with zero attached hydrogens (tertiary/aromatic N) is 4. The minimum Gasteiger partial charge on any atom is -0.349 e. The van der Waals surface area contributed by atoms with Crippen molar-refractivity contribution in [2.45, 2.75) is 6.04 Å². The fraction of sp³-hybridized carbons (Fsp3) is 0.350. The Labute approximate surface area is 154 Å². The fourth-order valence-corrected chi connectivity index (χ4v) is 3.21. The van der Waals surface area contributed by atoms with E-state index in [0.29, 0.717) is 23.8 Å². The number of benzene rings is 1. The first kappa shape index (κ1) is 18.1. The third-order valence-corrected chi connectivity index (χ3v) is 4.69. The van der Waals surface area contributed by atoms with Crippen molar-refractivity contribution in [3.8, 4) is 6.07 Å². The molecule has 0 unspecified atom stereocenters. The van der Waals surface area contributed by atoms with Crippen LogP contribution in [0, 0.1) is 11.3 Å². The molecule has 1 aliphatic heterocycles. The quantitative estimate of drug-likeness (QED) is 0.889. The Kier molecular flexibility index (Phi) is 5.95. The molecule has 1 amide bonds. The van der Waals surface area contributed by atoms with Crippen molar-refractivity contribution in [3.63, 3.8) is 0 Å². The molecule has 1 saturated heterocycles. The molecule has 2 aromatic rings. The Morgan fingerprint density at radius 2 is 2.08 bits per heavy atom. The van der Waals surface area contributed by atoms with Crippen molar-refractivity contribution in [2.24, 2.45) is 0 Å². The van der Waals surface area contributed by atoms with Crippen molar-refractivity contribution in [2.75, 3.05) is 39.8 Å². The lowest BCUT2D eigenvalue weighted by atomic mass is 10.0. The van der Waals surface area contributed by atoms with E-state index < -0.39 is 0 Å². The largest absolute Gasteiger partial charge is 0.349 e. The number of hydrogen-bond donors (Lipinski definition) is 1. The second kappa shape index (κ2) is 8.56. The van der Waals surface area contributed by atoms with Gasteiger partial charge in [-0.15, -0.1) is 0 Å². The van der Waals surface area contributed by atoms with Crippen LogP contribution >= 0.6 is 0 Å². The second-order valence-electron chi connectivity index (χ2n) is 6.52. The van der Waals surface area contributed by atoms with Gasteiger partial charge in [0.2, 0.25) is 0 Å². The molecule has 1 aromatic carbocycles. The van der Waals surface area contributed by atoms with E-state index in [1.54, 1.807) is 12.1 Å². The van der Waals surface area contributed by atoms with Gasteiger partial charge in [-0.1, -0.05) is 30.3 Å². The summed E-state index contributed by atoms with van der Waals surface area (Å²) in [5, 5.41) is 11.7. The molecule has 0 aliphatic carbocycles. The molecule has 1 fully saturated rings. The van der Waals surface area contributed by atoms with Crippen LogP contribution in [0.5, 0.6) is 0 Å². The van der Waals surface area contributed by atoms with Crippen LogP contribution in [-0.2, 0) is 0 Å². The number of carbonyl (C=O) groups excluding carboxylic acids is 1. The predicted octanol–water partition coefficient (Wildman–Crippen LogP) is 1.67. The van der Waals surface area contributed by atoms with Gasteiger partial charge < -0.3 is 10.2 Å². The third-order valence-electron chi connectivity index (χ3n) is 4.69. The summed E-state index contributed by atoms with van der Waals surface area (Å²) in [5.41, 5.74) is 2.09. The first-order valence-corrected chi connectivity index (χ1v) is 8.79. The zero-order valence-corrected chi connectivity index (χ0v) is 14.9. The number of carbonyl (C=O) groups is 1. The number of aromatic nitrogens is 1. The molecule has 1 aromatic heterocycles. The number of likely N-dealkylation sites (N-methyl/N-ethyl adjacent to an activating group) is 1. The second-order valence-corrected chi connectivity index (χ2v) is 6.52. The van der Waals surface area contributed by atoms with Crippen molar-refractivity contribution >= 4 is 5.91 Å². The molecule has 0 spiro atoms. The van der Waals surface area contributed by atoms with Gasteiger partial charge >= 0.3 is 0 Å². The zero-order chi connectivity index (χ0) is 18.4. The van der Waals surface area contributed by atoms with Gasteiger partial charge in [-0.25, -0.2) is 4.98 Å². The Morgan fingerprint density at radius 3 is 2.77 bits per heavy atom. The van der Waals surface area contributed by atoms with Crippen molar-refractivity contribution in [3.05, 3.63) is 65.5 Å². The third kappa shape index (κ3) is 4.45. The summed E-state index contributed by atoms with van der Waals surface area (Å²) >= 11 is 0. The molecule has 1 atom stereocenters. The molecular formula is C20H23N5O. The standard InChI is InChI=1S/C20H23N5O/c1-24-11-12-25(19(15-24)17-5-3-2-4-6-17)10-9-22-20(26)18-8-7-16(13-21)14-23-18/h2-8,14,19H,9-12,15H2,1H3,(H,22,26)/t19-/m0/s1. The molecule has 3 rings (SSSR count). The maximum Gasteiger partial charge on any atom is 0.269 e. The lowest BCUT2D eigenvalue weighted by Crippen LogP contribution is -2.49. The van der Waals surface area contributed by atoms with E-state index in [-0.39, 0.29) is 5.91 Å². The minimum absolute atomic E-state index is 0.208. The summed E-state index contributed by atoms with van der Waals surface area (Å²) < 4.78 is 0. The molecule has 2 heterocycles. The Morgan fingerprint density at radius 1 is 1.27 bits per heavy atom. The van der Waals surface area contributed by atoms with Crippen LogP contribution < -0.4 is 5.32 Å². The number of pyridine rings is 1. The summed E-state index contributed by atoms with van der Waals surface area (Å²) in [5.74, 6) is -0.208. The number of nitriles is 1. The number of rotatable bonds is 5. The SMILES string of the molecule is CN1CCN(CCNC(=O)c2ccc(C#N)cn2)[C@H](c2ccccc2)C1. The number of nitrogens with one attached hydrogen (secondary N) is 1. The van der Waals surface area contributed by atoms with Crippen LogP contribution in [0.2, 0.25) is 0 Å². The van der Waals surface area contributed by atoms with Crippen molar-refractivity contribution < 1.29 is 4.79 Å². The van der Waals surface area contributed by atoms with E-state index in [0.717, 1.165) is 26.2 Å². The van der Waals surface area contributed by atoms with E-state index in [4.69, 9.17) is 5.26 Å². The number of amides is 1. The van der Waals surface area contributed by atoms with Crippen LogP contribution in [0.25, 0.3) is 0 Å². The molecule has 0 radical (unpaired) electrons. The topological polar surface area (TPSA) is 72.3 Å². The first-order chi connectivity index (χ1) is 12.7. The van der Waals surface area contributed by atoms with Crippen molar-refractivity contribution in [1.29, 1.82) is 5.26 Å². The average molecular weight is 349 g/mol. The van der Waals surface area contributed by atoms with Crippen LogP contribution in [0.3, 0.4) is 0 Å². The Balaban J connectivity index is 1.57. The number of piperazine rings is 1. The smallest absolute Gasteiger partial charge is 0.269 e. The highest BCUT2D eigenvalue weighted by Crippen LogP contribution is 2.24. The van der Waals surface area contributed by atoms with Gasteiger partial charge in [-0.3, -0.25) is 9.69 Å². The molecule has 6 nitrogen and oxygen atoms in total. The van der Waals surface area contributed by atoms with Gasteiger partial charge in [-0.2, -0.15) is 5.26 Å². The molecular weight excluding hydrogens is 326 g/mol. The van der Waals surface area contributed by atoms with E-state index >= 15 is 0 Å². The van der Waals surface area contributed by atoms with Crippen LogP contribution in [0.15, 0.2) is 48.7 Å². The molecule has 1 aliphatic rings.